The number of nitrogens with one attached hydrogen (secondary N) is 1. The van der Waals surface area contributed by atoms with E-state index in [0.29, 0.717) is 28.1 Å². The SMILES string of the molecule is O=Cc1ccc(-c2nn(-c3ccccc3)cc2C(=O)Nc2cccc(F)c2)cc1. The van der Waals surface area contributed by atoms with Crippen LogP contribution in [0.15, 0.2) is 85.1 Å². The summed E-state index contributed by atoms with van der Waals surface area (Å²) in [6, 6.07) is 21.9. The minimum atomic E-state index is -0.438. The number of aldehydes is 1. The molecule has 1 amide bonds. The lowest BCUT2D eigenvalue weighted by molar-refractivity contribution is 0.102. The van der Waals surface area contributed by atoms with Crippen LogP contribution < -0.4 is 5.32 Å². The largest absolute Gasteiger partial charge is 0.322 e. The van der Waals surface area contributed by atoms with Crippen molar-refractivity contribution in [3.05, 3.63) is 102 Å². The summed E-state index contributed by atoms with van der Waals surface area (Å²) in [4.78, 5) is 23.9. The minimum Gasteiger partial charge on any atom is -0.322 e. The summed E-state index contributed by atoms with van der Waals surface area (Å²) in [6.07, 6.45) is 2.39. The molecule has 4 aromatic rings. The zero-order chi connectivity index (χ0) is 20.2. The predicted octanol–water partition coefficient (Wildman–Crippen LogP) is 4.74. The van der Waals surface area contributed by atoms with Crippen LogP contribution in [0.3, 0.4) is 0 Å². The number of carbonyl (C=O) groups excluding carboxylic acids is 2. The Labute approximate surface area is 166 Å². The molecule has 1 aromatic heterocycles. The third-order valence-corrected chi connectivity index (χ3v) is 4.38. The first-order valence-electron chi connectivity index (χ1n) is 8.91. The van der Waals surface area contributed by atoms with Gasteiger partial charge in [0.1, 0.15) is 17.8 Å². The average Bonchev–Trinajstić information content (AvgIpc) is 3.20. The lowest BCUT2D eigenvalue weighted by Gasteiger charge is -2.05. The van der Waals surface area contributed by atoms with Crippen molar-refractivity contribution in [2.24, 2.45) is 0 Å². The Morgan fingerprint density at radius 2 is 1.72 bits per heavy atom. The van der Waals surface area contributed by atoms with Crippen molar-refractivity contribution in [1.82, 2.24) is 9.78 Å². The molecule has 0 aliphatic rings. The van der Waals surface area contributed by atoms with Crippen LogP contribution in [0.4, 0.5) is 10.1 Å². The zero-order valence-corrected chi connectivity index (χ0v) is 15.2. The summed E-state index contributed by atoms with van der Waals surface area (Å²) in [5.41, 5.74) is 3.15. The molecule has 3 aromatic carbocycles. The molecular formula is C23H16FN3O2. The van der Waals surface area contributed by atoms with Crippen LogP contribution in [-0.4, -0.2) is 22.0 Å². The van der Waals surface area contributed by atoms with Crippen LogP contribution in [-0.2, 0) is 0 Å². The Hall–Kier alpha value is -4.06. The quantitative estimate of drug-likeness (QED) is 0.505. The average molecular weight is 385 g/mol. The number of anilines is 1. The number of benzene rings is 3. The number of rotatable bonds is 5. The van der Waals surface area contributed by atoms with E-state index in [1.165, 1.54) is 18.2 Å². The van der Waals surface area contributed by atoms with Gasteiger partial charge < -0.3 is 5.32 Å². The van der Waals surface area contributed by atoms with E-state index in [1.807, 2.05) is 30.3 Å². The fourth-order valence-electron chi connectivity index (χ4n) is 2.95. The molecule has 0 fully saturated rings. The molecule has 0 atom stereocenters. The number of hydrogen-bond donors (Lipinski definition) is 1. The first-order valence-corrected chi connectivity index (χ1v) is 8.91. The van der Waals surface area contributed by atoms with Crippen LogP contribution >= 0.6 is 0 Å². The number of amides is 1. The Morgan fingerprint density at radius 3 is 2.41 bits per heavy atom. The monoisotopic (exact) mass is 385 g/mol. The first kappa shape index (κ1) is 18.3. The van der Waals surface area contributed by atoms with Crippen molar-refractivity contribution in [2.75, 3.05) is 5.32 Å². The van der Waals surface area contributed by atoms with E-state index in [1.54, 1.807) is 41.2 Å². The molecule has 0 aliphatic carbocycles. The van der Waals surface area contributed by atoms with Crippen molar-refractivity contribution >= 4 is 17.9 Å². The predicted molar refractivity (Wildman–Crippen MR) is 109 cm³/mol. The third-order valence-electron chi connectivity index (χ3n) is 4.38. The lowest BCUT2D eigenvalue weighted by Crippen LogP contribution is -2.12. The lowest BCUT2D eigenvalue weighted by atomic mass is 10.1. The van der Waals surface area contributed by atoms with E-state index < -0.39 is 11.7 Å². The molecule has 1 heterocycles. The van der Waals surface area contributed by atoms with Gasteiger partial charge in [0.15, 0.2) is 0 Å². The van der Waals surface area contributed by atoms with Crippen molar-refractivity contribution in [2.45, 2.75) is 0 Å². The number of para-hydroxylation sites is 1. The topological polar surface area (TPSA) is 64.0 Å². The van der Waals surface area contributed by atoms with E-state index in [-0.39, 0.29) is 0 Å². The van der Waals surface area contributed by atoms with Crippen molar-refractivity contribution in [3.63, 3.8) is 0 Å². The van der Waals surface area contributed by atoms with Crippen molar-refractivity contribution < 1.29 is 14.0 Å². The van der Waals surface area contributed by atoms with Gasteiger partial charge in [-0.2, -0.15) is 5.10 Å². The van der Waals surface area contributed by atoms with Crippen LogP contribution in [0, 0.1) is 5.82 Å². The maximum atomic E-state index is 13.5. The molecular weight excluding hydrogens is 369 g/mol. The second kappa shape index (κ2) is 7.90. The third kappa shape index (κ3) is 3.96. The normalized spacial score (nSPS) is 10.5. The van der Waals surface area contributed by atoms with Gasteiger partial charge in [0, 0.05) is 23.0 Å². The molecule has 142 valence electrons. The summed E-state index contributed by atoms with van der Waals surface area (Å²) in [7, 11) is 0. The maximum absolute atomic E-state index is 13.5. The fourth-order valence-corrected chi connectivity index (χ4v) is 2.95. The van der Waals surface area contributed by atoms with Gasteiger partial charge in [0.05, 0.1) is 11.3 Å². The van der Waals surface area contributed by atoms with E-state index in [4.69, 9.17) is 0 Å². The smallest absolute Gasteiger partial charge is 0.259 e. The molecule has 0 aliphatic heterocycles. The molecule has 0 bridgehead atoms. The van der Waals surface area contributed by atoms with Crippen LogP contribution in [0.5, 0.6) is 0 Å². The first-order chi connectivity index (χ1) is 14.1. The summed E-state index contributed by atoms with van der Waals surface area (Å²) >= 11 is 0. The molecule has 0 saturated heterocycles. The number of nitrogens with zero attached hydrogens (tertiary/aromatic N) is 2. The molecule has 4 rings (SSSR count). The van der Waals surface area contributed by atoms with Gasteiger partial charge in [-0.25, -0.2) is 9.07 Å². The highest BCUT2D eigenvalue weighted by molar-refractivity contribution is 6.08. The summed E-state index contributed by atoms with van der Waals surface area (Å²) in [5, 5.41) is 7.29. The highest BCUT2D eigenvalue weighted by Crippen LogP contribution is 2.25. The molecule has 29 heavy (non-hydrogen) atoms. The number of halogens is 1. The molecule has 0 spiro atoms. The Bertz CT molecular complexity index is 1170. The van der Waals surface area contributed by atoms with Gasteiger partial charge in [-0.3, -0.25) is 9.59 Å². The Kier molecular flexibility index (Phi) is 4.99. The van der Waals surface area contributed by atoms with Gasteiger partial charge in [-0.1, -0.05) is 48.5 Å². The van der Waals surface area contributed by atoms with Gasteiger partial charge in [-0.05, 0) is 30.3 Å². The van der Waals surface area contributed by atoms with Gasteiger partial charge in [-0.15, -0.1) is 0 Å². The highest BCUT2D eigenvalue weighted by Gasteiger charge is 2.19. The van der Waals surface area contributed by atoms with Crippen molar-refractivity contribution in [1.29, 1.82) is 0 Å². The Balaban J connectivity index is 1.76. The Morgan fingerprint density at radius 1 is 0.966 bits per heavy atom. The molecule has 0 saturated carbocycles. The summed E-state index contributed by atoms with van der Waals surface area (Å²) < 4.78 is 15.1. The van der Waals surface area contributed by atoms with Crippen molar-refractivity contribution in [3.8, 4) is 16.9 Å². The van der Waals surface area contributed by atoms with Crippen LogP contribution in [0.2, 0.25) is 0 Å². The van der Waals surface area contributed by atoms with Gasteiger partial charge in [0.2, 0.25) is 0 Å². The summed E-state index contributed by atoms with van der Waals surface area (Å²) in [6.45, 7) is 0. The molecule has 0 radical (unpaired) electrons. The van der Waals surface area contributed by atoms with Gasteiger partial charge in [0.25, 0.3) is 5.91 Å². The maximum Gasteiger partial charge on any atom is 0.259 e. The summed E-state index contributed by atoms with van der Waals surface area (Å²) in [5.74, 6) is -0.847. The second-order valence-electron chi connectivity index (χ2n) is 6.38. The highest BCUT2D eigenvalue weighted by atomic mass is 19.1. The standard InChI is InChI=1S/C23H16FN3O2/c24-18-5-4-6-19(13-18)25-23(29)21-14-27(20-7-2-1-3-8-20)26-22(21)17-11-9-16(15-28)10-12-17/h1-15H,(H,25,29). The van der Waals surface area contributed by atoms with Crippen LogP contribution in [0.1, 0.15) is 20.7 Å². The molecule has 5 nitrogen and oxygen atoms in total. The van der Waals surface area contributed by atoms with Crippen LogP contribution in [0.25, 0.3) is 16.9 Å². The van der Waals surface area contributed by atoms with E-state index in [9.17, 15) is 14.0 Å². The van der Waals surface area contributed by atoms with E-state index >= 15 is 0 Å². The number of aromatic nitrogens is 2. The minimum absolute atomic E-state index is 0.331. The molecule has 1 N–H and O–H groups in total. The number of hydrogen-bond acceptors (Lipinski definition) is 3. The van der Waals surface area contributed by atoms with E-state index in [2.05, 4.69) is 10.4 Å². The zero-order valence-electron chi connectivity index (χ0n) is 15.2. The van der Waals surface area contributed by atoms with Gasteiger partial charge >= 0.3 is 0 Å². The molecule has 0 unspecified atom stereocenters. The molecule has 6 heteroatoms. The van der Waals surface area contributed by atoms with E-state index in [0.717, 1.165) is 12.0 Å². The number of carbonyl (C=O) groups is 2. The fraction of sp³-hybridized carbons (Fsp3) is 0. The second-order valence-corrected chi connectivity index (χ2v) is 6.38.